The van der Waals surface area contributed by atoms with Crippen LogP contribution in [-0.2, 0) is 6.42 Å². The molecule has 0 saturated carbocycles. The van der Waals surface area contributed by atoms with Gasteiger partial charge in [0.05, 0.1) is 32.0 Å². The van der Waals surface area contributed by atoms with Crippen molar-refractivity contribution in [2.75, 3.05) is 0 Å². The van der Waals surface area contributed by atoms with E-state index in [1.165, 1.54) is 29.1 Å². The van der Waals surface area contributed by atoms with Gasteiger partial charge in [0.2, 0.25) is 11.6 Å². The van der Waals surface area contributed by atoms with Crippen molar-refractivity contribution in [3.05, 3.63) is 100 Å². The number of ether oxygens (including phenoxy) is 1. The number of fused-ring (bicyclic) bond motifs is 1. The Labute approximate surface area is 228 Å². The summed E-state index contributed by atoms with van der Waals surface area (Å²) in [5.41, 5.74) is -0.376. The lowest BCUT2D eigenvalue weighted by Gasteiger charge is -2.10. The van der Waals surface area contributed by atoms with Crippen LogP contribution in [0, 0.1) is 20.2 Å². The van der Waals surface area contributed by atoms with Crippen molar-refractivity contribution in [2.24, 2.45) is 5.10 Å². The molecular formula is C24H18BrClN6O6. The van der Waals surface area contributed by atoms with Crippen LogP contribution in [0.2, 0.25) is 5.02 Å². The van der Waals surface area contributed by atoms with Gasteiger partial charge in [-0.2, -0.15) is 9.78 Å². The number of nitro groups is 2. The maximum Gasteiger partial charge on any atom is 0.313 e. The van der Waals surface area contributed by atoms with Gasteiger partial charge in [0.15, 0.2) is 0 Å². The van der Waals surface area contributed by atoms with E-state index < -0.39 is 15.5 Å². The fourth-order valence-corrected chi connectivity index (χ4v) is 4.11. The van der Waals surface area contributed by atoms with E-state index in [1.54, 1.807) is 18.2 Å². The van der Waals surface area contributed by atoms with Crippen molar-refractivity contribution in [1.82, 2.24) is 14.6 Å². The molecule has 14 heteroatoms. The van der Waals surface area contributed by atoms with E-state index in [2.05, 4.69) is 31.0 Å². The van der Waals surface area contributed by atoms with Gasteiger partial charge in [0.1, 0.15) is 12.0 Å². The van der Waals surface area contributed by atoms with Crippen molar-refractivity contribution in [2.45, 2.75) is 26.2 Å². The lowest BCUT2D eigenvalue weighted by atomic mass is 10.2. The highest BCUT2D eigenvalue weighted by Gasteiger charge is 2.22. The first-order chi connectivity index (χ1) is 18.2. The van der Waals surface area contributed by atoms with Crippen LogP contribution in [-0.4, -0.2) is 30.7 Å². The smallest absolute Gasteiger partial charge is 0.313 e. The summed E-state index contributed by atoms with van der Waals surface area (Å²) in [6.45, 7) is 2.01. The summed E-state index contributed by atoms with van der Waals surface area (Å²) in [6, 6.07) is 10.1. The average Bonchev–Trinajstić information content (AvgIpc) is 2.88. The van der Waals surface area contributed by atoms with Crippen LogP contribution in [0.1, 0.15) is 31.2 Å². The molecule has 0 saturated heterocycles. The molecule has 2 heterocycles. The number of rotatable bonds is 9. The number of pyridine rings is 1. The molecule has 0 fully saturated rings. The number of benzene rings is 2. The van der Waals surface area contributed by atoms with E-state index >= 15 is 0 Å². The molecule has 0 bridgehead atoms. The molecule has 2 aromatic heterocycles. The summed E-state index contributed by atoms with van der Waals surface area (Å²) in [5.74, 6) is 0.0310. The molecule has 0 aliphatic heterocycles. The number of nitro benzene ring substituents is 1. The predicted molar refractivity (Wildman–Crippen MR) is 144 cm³/mol. The minimum Gasteiger partial charge on any atom is -0.430 e. The Bertz CT molecular complexity index is 1640. The molecule has 4 aromatic rings. The largest absolute Gasteiger partial charge is 0.430 e. The van der Waals surface area contributed by atoms with E-state index in [-0.39, 0.29) is 33.5 Å². The summed E-state index contributed by atoms with van der Waals surface area (Å²) in [6.07, 6.45) is 4.40. The SMILES string of the molecule is CCCCc1nc2ccc(Br)cc2c(=O)n1N=Cc1cc(Cl)c(Oc2ccc([N+](=O)[O-])cn2)c([N+](=O)[O-])c1. The Balaban J connectivity index is 1.74. The van der Waals surface area contributed by atoms with Crippen molar-refractivity contribution in [1.29, 1.82) is 0 Å². The van der Waals surface area contributed by atoms with E-state index in [9.17, 15) is 25.0 Å². The fraction of sp³-hybridized carbons (Fsp3) is 0.167. The van der Waals surface area contributed by atoms with Gasteiger partial charge in [-0.1, -0.05) is 40.9 Å². The molecule has 2 aromatic carbocycles. The molecule has 194 valence electrons. The summed E-state index contributed by atoms with van der Waals surface area (Å²) in [5, 5.41) is 27.1. The number of halogens is 2. The third-order valence-electron chi connectivity index (χ3n) is 5.33. The first-order valence-corrected chi connectivity index (χ1v) is 12.4. The Morgan fingerprint density at radius 3 is 2.61 bits per heavy atom. The number of aryl methyl sites for hydroxylation is 1. The molecule has 0 atom stereocenters. The van der Waals surface area contributed by atoms with Crippen LogP contribution in [0.4, 0.5) is 11.4 Å². The molecule has 0 amide bonds. The van der Waals surface area contributed by atoms with Gasteiger partial charge in [0, 0.05) is 34.7 Å². The van der Waals surface area contributed by atoms with E-state index in [4.69, 9.17) is 16.3 Å². The zero-order valence-corrected chi connectivity index (χ0v) is 22.0. The highest BCUT2D eigenvalue weighted by molar-refractivity contribution is 9.10. The van der Waals surface area contributed by atoms with Crippen LogP contribution >= 0.6 is 27.5 Å². The van der Waals surface area contributed by atoms with E-state index in [1.807, 2.05) is 6.92 Å². The number of hydrogen-bond donors (Lipinski definition) is 0. The molecule has 0 aliphatic rings. The van der Waals surface area contributed by atoms with Gasteiger partial charge >= 0.3 is 5.69 Å². The van der Waals surface area contributed by atoms with Crippen LogP contribution in [0.25, 0.3) is 10.9 Å². The monoisotopic (exact) mass is 600 g/mol. The molecule has 0 N–H and O–H groups in total. The Morgan fingerprint density at radius 2 is 1.95 bits per heavy atom. The van der Waals surface area contributed by atoms with Crippen molar-refractivity contribution in [3.8, 4) is 11.6 Å². The molecule has 0 spiro atoms. The normalized spacial score (nSPS) is 11.2. The van der Waals surface area contributed by atoms with E-state index in [0.717, 1.165) is 25.1 Å². The Hall–Kier alpha value is -4.23. The predicted octanol–water partition coefficient (Wildman–Crippen LogP) is 6.04. The van der Waals surface area contributed by atoms with Crippen molar-refractivity contribution >= 4 is 56.0 Å². The highest BCUT2D eigenvalue weighted by atomic mass is 79.9. The minimum atomic E-state index is -0.697. The lowest BCUT2D eigenvalue weighted by Crippen LogP contribution is -2.22. The summed E-state index contributed by atoms with van der Waals surface area (Å²) in [7, 11) is 0. The van der Waals surface area contributed by atoms with Crippen LogP contribution in [0.5, 0.6) is 11.6 Å². The molecule has 12 nitrogen and oxygen atoms in total. The van der Waals surface area contributed by atoms with Gasteiger partial charge in [-0.25, -0.2) is 9.97 Å². The molecule has 0 aliphatic carbocycles. The maximum atomic E-state index is 13.2. The second kappa shape index (κ2) is 11.4. The number of aromatic nitrogens is 3. The first kappa shape index (κ1) is 26.8. The van der Waals surface area contributed by atoms with Gasteiger partial charge in [-0.05, 0) is 30.7 Å². The number of unbranched alkanes of at least 4 members (excludes halogenated alkanes) is 1. The molecule has 0 unspecified atom stereocenters. The van der Waals surface area contributed by atoms with Crippen molar-refractivity contribution < 1.29 is 14.6 Å². The summed E-state index contributed by atoms with van der Waals surface area (Å²) in [4.78, 5) is 42.9. The maximum absolute atomic E-state index is 13.2. The second-order valence-electron chi connectivity index (χ2n) is 7.98. The van der Waals surface area contributed by atoms with Gasteiger partial charge in [-0.15, -0.1) is 0 Å². The molecule has 0 radical (unpaired) electrons. The van der Waals surface area contributed by atoms with Gasteiger partial charge < -0.3 is 4.74 Å². The molecule has 38 heavy (non-hydrogen) atoms. The van der Waals surface area contributed by atoms with Crippen molar-refractivity contribution in [3.63, 3.8) is 0 Å². The van der Waals surface area contributed by atoms with Crippen LogP contribution in [0.15, 0.2) is 63.0 Å². The fourth-order valence-electron chi connectivity index (χ4n) is 3.49. The highest BCUT2D eigenvalue weighted by Crippen LogP contribution is 2.38. The quantitative estimate of drug-likeness (QED) is 0.128. The third-order valence-corrected chi connectivity index (χ3v) is 6.11. The van der Waals surface area contributed by atoms with E-state index in [0.29, 0.717) is 27.6 Å². The number of hydrogen-bond acceptors (Lipinski definition) is 9. The standard InChI is InChI=1S/C24H18BrClN6O6/c1-2-3-4-21-29-19-7-5-15(25)11-17(19)24(33)30(21)28-12-14-9-18(26)23(20(10-14)32(36)37)38-22-8-6-16(13-27-22)31(34)35/h5-13H,2-4H2,1H3. The number of nitrogens with zero attached hydrogens (tertiary/aromatic N) is 6. The zero-order valence-electron chi connectivity index (χ0n) is 19.7. The Kier molecular flexibility index (Phi) is 8.08. The minimum absolute atomic E-state index is 0.123. The zero-order chi connectivity index (χ0) is 27.4. The first-order valence-electron chi connectivity index (χ1n) is 11.2. The Morgan fingerprint density at radius 1 is 1.16 bits per heavy atom. The van der Waals surface area contributed by atoms with Crippen LogP contribution < -0.4 is 10.3 Å². The molecule has 4 rings (SSSR count). The average molecular weight is 602 g/mol. The molecular weight excluding hydrogens is 584 g/mol. The lowest BCUT2D eigenvalue weighted by molar-refractivity contribution is -0.385. The summed E-state index contributed by atoms with van der Waals surface area (Å²) >= 11 is 9.66. The van der Waals surface area contributed by atoms with Gasteiger partial charge in [0.25, 0.3) is 11.2 Å². The third kappa shape index (κ3) is 5.84. The second-order valence-corrected chi connectivity index (χ2v) is 9.30. The topological polar surface area (TPSA) is 156 Å². The van der Waals surface area contributed by atoms with Crippen LogP contribution in [0.3, 0.4) is 0 Å². The summed E-state index contributed by atoms with van der Waals surface area (Å²) < 4.78 is 7.36. The van der Waals surface area contributed by atoms with Gasteiger partial charge in [-0.3, -0.25) is 25.0 Å².